The van der Waals surface area contributed by atoms with Gasteiger partial charge in [0.05, 0.1) is 6.04 Å². The molecule has 1 aliphatic heterocycles. The minimum Gasteiger partial charge on any atom is -0.337 e. The van der Waals surface area contributed by atoms with Crippen LogP contribution in [0.4, 0.5) is 0 Å². The molecule has 0 N–H and O–H groups in total. The Bertz CT molecular complexity index is 598. The SMILES string of the molecule is Cn1ccc(-c2noc(C3CCN3C3CCCC3)n2)n1. The fourth-order valence-electron chi connectivity index (χ4n) is 3.35. The maximum Gasteiger partial charge on any atom is 0.244 e. The maximum absolute atomic E-state index is 5.47. The molecule has 6 nitrogen and oxygen atoms in total. The van der Waals surface area contributed by atoms with Crippen molar-refractivity contribution in [2.45, 2.75) is 44.2 Å². The first-order valence-electron chi connectivity index (χ1n) is 7.40. The van der Waals surface area contributed by atoms with Crippen molar-refractivity contribution in [1.29, 1.82) is 0 Å². The molecule has 0 bridgehead atoms. The van der Waals surface area contributed by atoms with Gasteiger partial charge in [-0.15, -0.1) is 0 Å². The number of hydrogen-bond donors (Lipinski definition) is 0. The molecule has 20 heavy (non-hydrogen) atoms. The van der Waals surface area contributed by atoms with Crippen LogP contribution in [0.5, 0.6) is 0 Å². The number of aryl methyl sites for hydroxylation is 1. The number of likely N-dealkylation sites (tertiary alicyclic amines) is 1. The Morgan fingerprint density at radius 2 is 2.10 bits per heavy atom. The van der Waals surface area contributed by atoms with Crippen LogP contribution in [0, 0.1) is 0 Å². The van der Waals surface area contributed by atoms with Crippen LogP contribution in [0.15, 0.2) is 16.8 Å². The lowest BCUT2D eigenvalue weighted by atomic mass is 9.99. The molecular weight excluding hydrogens is 254 g/mol. The zero-order valence-electron chi connectivity index (χ0n) is 11.7. The highest BCUT2D eigenvalue weighted by atomic mass is 16.5. The van der Waals surface area contributed by atoms with Crippen molar-refractivity contribution in [1.82, 2.24) is 24.8 Å². The largest absolute Gasteiger partial charge is 0.337 e. The lowest BCUT2D eigenvalue weighted by molar-refractivity contribution is 0.0224. The second kappa shape index (κ2) is 4.70. The number of hydrogen-bond acceptors (Lipinski definition) is 5. The summed E-state index contributed by atoms with van der Waals surface area (Å²) in [5.74, 6) is 1.35. The van der Waals surface area contributed by atoms with Crippen LogP contribution in [0.1, 0.15) is 44.0 Å². The molecule has 1 saturated heterocycles. The molecule has 3 heterocycles. The van der Waals surface area contributed by atoms with Gasteiger partial charge in [-0.1, -0.05) is 18.0 Å². The van der Waals surface area contributed by atoms with E-state index >= 15 is 0 Å². The molecule has 2 aromatic heterocycles. The molecule has 1 unspecified atom stereocenters. The van der Waals surface area contributed by atoms with Gasteiger partial charge in [-0.25, -0.2) is 0 Å². The molecule has 2 aromatic rings. The molecular formula is C14H19N5O. The van der Waals surface area contributed by atoms with E-state index in [0.717, 1.165) is 30.6 Å². The van der Waals surface area contributed by atoms with Gasteiger partial charge >= 0.3 is 0 Å². The van der Waals surface area contributed by atoms with Gasteiger partial charge in [-0.2, -0.15) is 10.1 Å². The molecule has 2 aliphatic rings. The quantitative estimate of drug-likeness (QED) is 0.857. The first-order valence-corrected chi connectivity index (χ1v) is 7.40. The van der Waals surface area contributed by atoms with Crippen molar-refractivity contribution in [3.05, 3.63) is 18.2 Å². The van der Waals surface area contributed by atoms with Gasteiger partial charge in [0, 0.05) is 25.8 Å². The normalized spacial score (nSPS) is 24.1. The summed E-state index contributed by atoms with van der Waals surface area (Å²) in [4.78, 5) is 7.07. The molecule has 6 heteroatoms. The summed E-state index contributed by atoms with van der Waals surface area (Å²) < 4.78 is 7.22. The van der Waals surface area contributed by atoms with E-state index in [1.807, 2.05) is 19.3 Å². The number of nitrogens with zero attached hydrogens (tertiary/aromatic N) is 5. The Morgan fingerprint density at radius 3 is 2.75 bits per heavy atom. The molecule has 2 fully saturated rings. The Hall–Kier alpha value is -1.69. The van der Waals surface area contributed by atoms with Gasteiger partial charge in [-0.05, 0) is 25.3 Å². The number of aromatic nitrogens is 4. The van der Waals surface area contributed by atoms with Crippen LogP contribution in [-0.2, 0) is 7.05 Å². The van der Waals surface area contributed by atoms with E-state index in [2.05, 4.69) is 20.1 Å². The fraction of sp³-hybridized carbons (Fsp3) is 0.643. The molecule has 0 radical (unpaired) electrons. The first-order chi connectivity index (χ1) is 9.81. The minimum atomic E-state index is 0.322. The van der Waals surface area contributed by atoms with E-state index in [-0.39, 0.29) is 0 Å². The Balaban J connectivity index is 1.53. The highest BCUT2D eigenvalue weighted by Crippen LogP contribution is 2.39. The molecule has 0 spiro atoms. The van der Waals surface area contributed by atoms with Crippen LogP contribution in [-0.4, -0.2) is 37.4 Å². The van der Waals surface area contributed by atoms with Gasteiger partial charge < -0.3 is 4.52 Å². The topological polar surface area (TPSA) is 60.0 Å². The van der Waals surface area contributed by atoms with E-state index in [0.29, 0.717) is 11.9 Å². The van der Waals surface area contributed by atoms with E-state index in [9.17, 15) is 0 Å². The molecule has 1 atom stereocenters. The van der Waals surface area contributed by atoms with Crippen molar-refractivity contribution < 1.29 is 4.52 Å². The average Bonchev–Trinajstić information content (AvgIpc) is 3.08. The van der Waals surface area contributed by atoms with E-state index in [1.54, 1.807) is 4.68 Å². The van der Waals surface area contributed by atoms with E-state index < -0.39 is 0 Å². The van der Waals surface area contributed by atoms with Gasteiger partial charge in [0.1, 0.15) is 5.69 Å². The summed E-state index contributed by atoms with van der Waals surface area (Å²) in [6, 6.07) is 2.95. The summed E-state index contributed by atoms with van der Waals surface area (Å²) >= 11 is 0. The minimum absolute atomic E-state index is 0.322. The lowest BCUT2D eigenvalue weighted by Crippen LogP contribution is -2.46. The molecule has 106 valence electrons. The third kappa shape index (κ3) is 1.95. The lowest BCUT2D eigenvalue weighted by Gasteiger charge is -2.42. The van der Waals surface area contributed by atoms with E-state index in [1.165, 1.54) is 25.7 Å². The summed E-state index contributed by atoms with van der Waals surface area (Å²) in [6.45, 7) is 1.16. The zero-order chi connectivity index (χ0) is 13.5. The second-order valence-electron chi connectivity index (χ2n) is 5.81. The second-order valence-corrected chi connectivity index (χ2v) is 5.81. The van der Waals surface area contributed by atoms with Crippen molar-refractivity contribution >= 4 is 0 Å². The third-order valence-electron chi connectivity index (χ3n) is 4.52. The average molecular weight is 273 g/mol. The smallest absolute Gasteiger partial charge is 0.244 e. The Morgan fingerprint density at radius 1 is 1.25 bits per heavy atom. The van der Waals surface area contributed by atoms with Gasteiger partial charge in [0.15, 0.2) is 0 Å². The zero-order valence-corrected chi connectivity index (χ0v) is 11.7. The van der Waals surface area contributed by atoms with Crippen LogP contribution in [0.25, 0.3) is 11.5 Å². The summed E-state index contributed by atoms with van der Waals surface area (Å²) in [5.41, 5.74) is 0.772. The third-order valence-corrected chi connectivity index (χ3v) is 4.52. The van der Waals surface area contributed by atoms with Gasteiger partial charge in [0.25, 0.3) is 0 Å². The Kier molecular flexibility index (Phi) is 2.84. The molecule has 1 aliphatic carbocycles. The van der Waals surface area contributed by atoms with Gasteiger partial charge in [-0.3, -0.25) is 9.58 Å². The molecule has 1 saturated carbocycles. The van der Waals surface area contributed by atoms with Crippen molar-refractivity contribution in [2.24, 2.45) is 7.05 Å². The van der Waals surface area contributed by atoms with Crippen LogP contribution in [0.3, 0.4) is 0 Å². The summed E-state index contributed by atoms with van der Waals surface area (Å²) in [7, 11) is 1.89. The monoisotopic (exact) mass is 273 g/mol. The predicted molar refractivity (Wildman–Crippen MR) is 72.8 cm³/mol. The highest BCUT2D eigenvalue weighted by Gasteiger charge is 2.39. The fourth-order valence-corrected chi connectivity index (χ4v) is 3.35. The van der Waals surface area contributed by atoms with Crippen molar-refractivity contribution in [3.8, 4) is 11.5 Å². The predicted octanol–water partition coefficient (Wildman–Crippen LogP) is 2.16. The Labute approximate surface area is 117 Å². The molecule has 0 aromatic carbocycles. The van der Waals surface area contributed by atoms with Crippen LogP contribution in [0.2, 0.25) is 0 Å². The van der Waals surface area contributed by atoms with Crippen LogP contribution >= 0.6 is 0 Å². The molecule has 0 amide bonds. The number of rotatable bonds is 3. The molecule has 4 rings (SSSR count). The maximum atomic E-state index is 5.47. The summed E-state index contributed by atoms with van der Waals surface area (Å²) in [5, 5.41) is 8.39. The van der Waals surface area contributed by atoms with E-state index in [4.69, 9.17) is 4.52 Å². The highest BCUT2D eigenvalue weighted by molar-refractivity contribution is 5.46. The van der Waals surface area contributed by atoms with Crippen LogP contribution < -0.4 is 0 Å². The van der Waals surface area contributed by atoms with Gasteiger partial charge in [0.2, 0.25) is 11.7 Å². The summed E-state index contributed by atoms with van der Waals surface area (Å²) in [6.07, 6.45) is 8.36. The first kappa shape index (κ1) is 12.1. The van der Waals surface area contributed by atoms with Crippen molar-refractivity contribution in [2.75, 3.05) is 6.54 Å². The van der Waals surface area contributed by atoms with Crippen molar-refractivity contribution in [3.63, 3.8) is 0 Å². The standard InChI is InChI=1S/C14H19N5O/c1-18-8-6-11(16-18)13-15-14(20-17-13)12-7-9-19(12)10-4-2-3-5-10/h6,8,10,12H,2-5,7,9H2,1H3.